The molecule has 3 aromatic carbocycles. The Kier molecular flexibility index (Phi) is 13.6. The second-order valence-corrected chi connectivity index (χ2v) is 21.6. The number of ether oxygens (including phenoxy) is 3. The van der Waals surface area contributed by atoms with E-state index in [1.165, 1.54) is 15.2 Å². The number of piperidine rings is 2. The van der Waals surface area contributed by atoms with E-state index < -0.39 is 23.6 Å². The molecule has 3 unspecified atom stereocenters. The van der Waals surface area contributed by atoms with Gasteiger partial charge in [0, 0.05) is 87.1 Å². The predicted octanol–water partition coefficient (Wildman–Crippen LogP) is 6.36. The van der Waals surface area contributed by atoms with Crippen LogP contribution in [0, 0.1) is 41.7 Å². The van der Waals surface area contributed by atoms with Crippen LogP contribution in [0.3, 0.4) is 0 Å². The van der Waals surface area contributed by atoms with Gasteiger partial charge in [0.15, 0.2) is 5.82 Å². The zero-order valence-corrected chi connectivity index (χ0v) is 43.0. The fourth-order valence-electron chi connectivity index (χ4n) is 13.0. The molecule has 0 radical (unpaired) electrons. The number of fused-ring (bicyclic) bond motifs is 6. The topological polar surface area (TPSA) is 178 Å². The lowest BCUT2D eigenvalue weighted by Crippen LogP contribution is -2.51. The van der Waals surface area contributed by atoms with E-state index >= 15 is 8.78 Å². The molecule has 3 aromatic heterocycles. The van der Waals surface area contributed by atoms with Gasteiger partial charge in [0.25, 0.3) is 0 Å². The average molecular weight is 1050 g/mol. The number of aromatic nitrogens is 5. The third-order valence-electron chi connectivity index (χ3n) is 17.0. The number of hydrogen-bond donors (Lipinski definition) is 2. The van der Waals surface area contributed by atoms with Gasteiger partial charge in [-0.15, -0.1) is 6.42 Å². The maximum absolute atomic E-state index is 17.2. The Morgan fingerprint density at radius 1 is 0.948 bits per heavy atom. The summed E-state index contributed by atoms with van der Waals surface area (Å²) in [5.74, 6) is 7.58. The second-order valence-electron chi connectivity index (χ2n) is 21.6. The molecule has 0 saturated carbocycles. The molecular formula is C58H60F2N10O7. The van der Waals surface area contributed by atoms with E-state index in [-0.39, 0.29) is 96.8 Å². The van der Waals surface area contributed by atoms with Crippen LogP contribution in [-0.4, -0.2) is 135 Å². The summed E-state index contributed by atoms with van der Waals surface area (Å²) in [7, 11) is 1.65. The van der Waals surface area contributed by atoms with Crippen molar-refractivity contribution in [1.29, 1.82) is 0 Å². The highest BCUT2D eigenvalue weighted by Gasteiger charge is 2.50. The number of anilines is 1. The van der Waals surface area contributed by atoms with Crippen LogP contribution in [0.5, 0.6) is 6.01 Å². The highest BCUT2D eigenvalue weighted by molar-refractivity contribution is 6.02. The highest BCUT2D eigenvalue weighted by Crippen LogP contribution is 2.44. The number of aryl methyl sites for hydroxylation is 1. The Labute approximate surface area is 443 Å². The van der Waals surface area contributed by atoms with Crippen LogP contribution in [0.2, 0.25) is 0 Å². The van der Waals surface area contributed by atoms with Gasteiger partial charge in [-0.2, -0.15) is 9.97 Å². The second kappa shape index (κ2) is 20.8. The average Bonchev–Trinajstić information content (AvgIpc) is 4.29. The minimum Gasteiger partial charge on any atom is -0.461 e. The molecule has 2 N–H and O–H groups in total. The summed E-state index contributed by atoms with van der Waals surface area (Å²) in [4.78, 5) is 71.6. The Morgan fingerprint density at radius 2 is 1.78 bits per heavy atom. The summed E-state index contributed by atoms with van der Waals surface area (Å²) in [6.07, 6.45) is 15.7. The van der Waals surface area contributed by atoms with Crippen molar-refractivity contribution in [3.63, 3.8) is 0 Å². The van der Waals surface area contributed by atoms with E-state index in [0.29, 0.717) is 82.8 Å². The molecule has 6 aliphatic rings. The van der Waals surface area contributed by atoms with Crippen molar-refractivity contribution in [2.45, 2.75) is 100 Å². The van der Waals surface area contributed by atoms with E-state index in [9.17, 15) is 19.2 Å². The number of hydrogen-bond acceptors (Lipinski definition) is 13. The minimum atomic E-state index is -0.747. The number of imidazole rings is 1. The fraction of sp³-hybridized carbons (Fsp3) is 0.466. The monoisotopic (exact) mass is 1050 g/mol. The molecule has 6 aliphatic heterocycles. The van der Waals surface area contributed by atoms with Crippen molar-refractivity contribution in [3.05, 3.63) is 88.0 Å². The molecule has 5 atom stereocenters. The van der Waals surface area contributed by atoms with Crippen LogP contribution in [0.4, 0.5) is 19.4 Å². The highest BCUT2D eigenvalue weighted by atomic mass is 19.1. The first kappa shape index (κ1) is 50.4. The lowest BCUT2D eigenvalue weighted by Gasteiger charge is -2.36. The van der Waals surface area contributed by atoms with Gasteiger partial charge in [0.2, 0.25) is 11.8 Å². The first-order valence-corrected chi connectivity index (χ1v) is 26.9. The summed E-state index contributed by atoms with van der Waals surface area (Å²) >= 11 is 0. The van der Waals surface area contributed by atoms with Gasteiger partial charge >= 0.3 is 17.8 Å². The van der Waals surface area contributed by atoms with E-state index in [1.807, 2.05) is 18.2 Å². The number of imide groups is 1. The van der Waals surface area contributed by atoms with Crippen molar-refractivity contribution in [1.82, 2.24) is 44.5 Å². The number of nitrogens with zero attached hydrogens (tertiary/aromatic N) is 8. The third kappa shape index (κ3) is 9.52. The first-order chi connectivity index (χ1) is 37.4. The van der Waals surface area contributed by atoms with Gasteiger partial charge in [-0.1, -0.05) is 42.0 Å². The number of nitrogens with one attached hydrogen (secondary N) is 2. The van der Waals surface area contributed by atoms with Crippen molar-refractivity contribution in [2.24, 2.45) is 13.0 Å². The number of amides is 3. The smallest absolute Gasteiger partial charge is 0.409 e. The Hall–Kier alpha value is -7.45. The van der Waals surface area contributed by atoms with E-state index in [2.05, 4.69) is 43.2 Å². The van der Waals surface area contributed by atoms with Crippen LogP contribution in [0.25, 0.3) is 44.0 Å². The molecule has 19 heteroatoms. The maximum Gasteiger partial charge on any atom is 0.409 e. The van der Waals surface area contributed by atoms with E-state index in [1.54, 1.807) is 42.4 Å². The van der Waals surface area contributed by atoms with Crippen molar-refractivity contribution in [2.75, 3.05) is 64.1 Å². The van der Waals surface area contributed by atoms with Gasteiger partial charge in [0.05, 0.1) is 27.5 Å². The number of carbonyl (C=O) groups is 3. The lowest BCUT2D eigenvalue weighted by molar-refractivity contribution is -0.135. The molecule has 6 saturated heterocycles. The zero-order valence-electron chi connectivity index (χ0n) is 43.0. The number of terminal acetylenes is 1. The number of piperazine rings is 1. The van der Waals surface area contributed by atoms with Crippen molar-refractivity contribution >= 4 is 56.4 Å². The Morgan fingerprint density at radius 3 is 2.58 bits per heavy atom. The van der Waals surface area contributed by atoms with Gasteiger partial charge in [-0.3, -0.25) is 33.9 Å². The van der Waals surface area contributed by atoms with E-state index in [0.717, 1.165) is 64.3 Å². The van der Waals surface area contributed by atoms with Gasteiger partial charge in [-0.25, -0.2) is 18.4 Å². The van der Waals surface area contributed by atoms with E-state index in [4.69, 9.17) is 30.6 Å². The first-order valence-electron chi connectivity index (χ1n) is 26.9. The number of pyridine rings is 1. The van der Waals surface area contributed by atoms with Crippen LogP contribution in [0.15, 0.2) is 59.5 Å². The summed E-state index contributed by atoms with van der Waals surface area (Å²) in [6, 6.07) is 13.6. The van der Waals surface area contributed by atoms with Crippen LogP contribution in [0.1, 0.15) is 87.8 Å². The summed E-state index contributed by atoms with van der Waals surface area (Å²) < 4.78 is 53.7. The molecule has 9 heterocycles. The molecule has 2 bridgehead atoms. The molecule has 0 spiro atoms. The Bertz CT molecular complexity index is 3510. The lowest BCUT2D eigenvalue weighted by atomic mass is 9.94. The largest absolute Gasteiger partial charge is 0.461 e. The fourth-order valence-corrected chi connectivity index (χ4v) is 13.0. The molecule has 0 aliphatic carbocycles. The maximum atomic E-state index is 17.2. The molecule has 6 fully saturated rings. The van der Waals surface area contributed by atoms with Crippen LogP contribution in [-0.2, 0) is 26.1 Å². The third-order valence-corrected chi connectivity index (χ3v) is 17.0. The SMILES string of the molecule is C#Cc1c(F)ccc2cccc(-c3ncc4c(N5CC6CCC(C5)N6)nc(OC[C@@]56CCCN5[C@H](COC(=O)N5CCC(CCOCC#Cc7ccc8c(c7)n(C)c(=O)n8C7CCC(=O)NC7=O)CC5)CC6)nc4c3F)c12. The number of likely N-dealkylation sites (tertiary alicyclic amines) is 1. The number of halogens is 2. The van der Waals surface area contributed by atoms with Crippen molar-refractivity contribution < 1.29 is 37.4 Å². The van der Waals surface area contributed by atoms with Crippen LogP contribution >= 0.6 is 0 Å². The minimum absolute atomic E-state index is 0.0108. The Balaban J connectivity index is 0.645. The molecule has 17 nitrogen and oxygen atoms in total. The summed E-state index contributed by atoms with van der Waals surface area (Å²) in [5, 5.41) is 7.54. The van der Waals surface area contributed by atoms with Gasteiger partial charge < -0.3 is 29.3 Å². The number of rotatable bonds is 12. The number of benzene rings is 3. The normalized spacial score (nSPS) is 23.6. The quantitative estimate of drug-likeness (QED) is 0.0787. The van der Waals surface area contributed by atoms with Gasteiger partial charge in [-0.05, 0) is 106 Å². The van der Waals surface area contributed by atoms with Gasteiger partial charge in [0.1, 0.15) is 48.7 Å². The molecular weight excluding hydrogens is 987 g/mol. The predicted molar refractivity (Wildman–Crippen MR) is 284 cm³/mol. The number of carbonyl (C=O) groups excluding carboxylic acids is 3. The molecule has 12 rings (SSSR count). The molecule has 6 aromatic rings. The molecule has 398 valence electrons. The zero-order chi connectivity index (χ0) is 53.0. The van der Waals surface area contributed by atoms with Crippen molar-refractivity contribution in [3.8, 4) is 41.5 Å². The van der Waals surface area contributed by atoms with Crippen LogP contribution < -0.4 is 26.0 Å². The summed E-state index contributed by atoms with van der Waals surface area (Å²) in [5.41, 5.74) is 1.81. The summed E-state index contributed by atoms with van der Waals surface area (Å²) in [6.45, 7) is 4.81. The standard InChI is InChI=1S/C58H60F2N10O7/c1-3-41-44(59)14-11-37-8-4-9-42(49(37)41)51-50(60)52-43(30-61-51)53(68-31-38-12-13-39(32-68)62-38)65-55(64-52)77-34-58-22-6-24-69(58)40(18-23-58)33-76-57(74)67-25-19-35(20-26-67)21-28-75-27-5-7-36-10-15-45-47(29-36)66(2)56(73)70(45)46-16-17-48(71)63-54(46)72/h1,4,8-11,14-15,29-30,35,38-40,46,62H,6,12-13,16-28,31-34H2,2H3,(H,63,71,72)/t38?,39?,40-,46?,58-/m0/s1. The molecule has 3 amide bonds. The molecule has 77 heavy (non-hydrogen) atoms.